The molecule has 0 saturated carbocycles. The van der Waals surface area contributed by atoms with Crippen LogP contribution in [-0.4, -0.2) is 34.9 Å². The number of aliphatic carboxylic acids is 1. The molecule has 7 nitrogen and oxygen atoms in total. The standard InChI is InChI=1S/C14H20N2O5/c1-14(2,3)21-13(19)16-10(8-12(17)18)9-6-5-7-11(15-9)20-4/h5-7,10H,8H2,1-4H3,(H,16,19)(H,17,18)/t10-/m0/s1. The van der Waals surface area contributed by atoms with Crippen molar-refractivity contribution >= 4 is 12.1 Å². The average Bonchev–Trinajstić information content (AvgIpc) is 2.35. The molecule has 0 radical (unpaired) electrons. The van der Waals surface area contributed by atoms with Crippen LogP contribution >= 0.6 is 0 Å². The molecule has 1 aromatic heterocycles. The molecule has 0 saturated heterocycles. The lowest BCUT2D eigenvalue weighted by molar-refractivity contribution is -0.137. The molecule has 0 fully saturated rings. The van der Waals surface area contributed by atoms with Gasteiger partial charge in [-0.25, -0.2) is 9.78 Å². The van der Waals surface area contributed by atoms with Crippen molar-refractivity contribution in [3.63, 3.8) is 0 Å². The van der Waals surface area contributed by atoms with Crippen molar-refractivity contribution < 1.29 is 24.2 Å². The number of carbonyl (C=O) groups is 2. The van der Waals surface area contributed by atoms with Crippen molar-refractivity contribution in [2.24, 2.45) is 0 Å². The Kier molecular flexibility index (Phi) is 5.52. The van der Waals surface area contributed by atoms with Gasteiger partial charge in [0.2, 0.25) is 5.88 Å². The van der Waals surface area contributed by atoms with Crippen LogP contribution < -0.4 is 10.1 Å². The molecule has 21 heavy (non-hydrogen) atoms. The van der Waals surface area contributed by atoms with Gasteiger partial charge >= 0.3 is 12.1 Å². The highest BCUT2D eigenvalue weighted by atomic mass is 16.6. The van der Waals surface area contributed by atoms with Crippen LogP contribution in [0.15, 0.2) is 18.2 Å². The molecule has 0 unspecified atom stereocenters. The van der Waals surface area contributed by atoms with Gasteiger partial charge in [0.1, 0.15) is 5.60 Å². The minimum absolute atomic E-state index is 0.306. The van der Waals surface area contributed by atoms with Gasteiger partial charge in [-0.1, -0.05) is 6.07 Å². The van der Waals surface area contributed by atoms with Crippen molar-refractivity contribution in [1.29, 1.82) is 0 Å². The van der Waals surface area contributed by atoms with Crippen LogP contribution in [0.5, 0.6) is 5.88 Å². The average molecular weight is 296 g/mol. The highest BCUT2D eigenvalue weighted by Gasteiger charge is 2.23. The Bertz CT molecular complexity index is 510. The van der Waals surface area contributed by atoms with Crippen molar-refractivity contribution in [2.45, 2.75) is 38.8 Å². The van der Waals surface area contributed by atoms with E-state index in [2.05, 4.69) is 10.3 Å². The number of hydrogen-bond donors (Lipinski definition) is 2. The van der Waals surface area contributed by atoms with Crippen molar-refractivity contribution in [1.82, 2.24) is 10.3 Å². The molecule has 1 atom stereocenters. The number of ether oxygens (including phenoxy) is 2. The Morgan fingerprint density at radius 2 is 2.05 bits per heavy atom. The number of carboxylic acids is 1. The van der Waals surface area contributed by atoms with E-state index >= 15 is 0 Å². The first-order valence-electron chi connectivity index (χ1n) is 6.43. The minimum Gasteiger partial charge on any atom is -0.481 e. The zero-order valence-electron chi connectivity index (χ0n) is 12.5. The van der Waals surface area contributed by atoms with E-state index in [9.17, 15) is 9.59 Å². The number of nitrogens with one attached hydrogen (secondary N) is 1. The molecular formula is C14H20N2O5. The topological polar surface area (TPSA) is 97.8 Å². The molecule has 1 rings (SSSR count). The van der Waals surface area contributed by atoms with Gasteiger partial charge in [0, 0.05) is 6.07 Å². The van der Waals surface area contributed by atoms with Crippen molar-refractivity contribution in [2.75, 3.05) is 7.11 Å². The Labute approximate surface area is 123 Å². The minimum atomic E-state index is -1.05. The molecular weight excluding hydrogens is 276 g/mol. The molecule has 7 heteroatoms. The summed E-state index contributed by atoms with van der Waals surface area (Å²) in [4.78, 5) is 26.9. The first-order valence-corrected chi connectivity index (χ1v) is 6.43. The van der Waals surface area contributed by atoms with Crippen LogP contribution in [-0.2, 0) is 9.53 Å². The largest absolute Gasteiger partial charge is 0.481 e. The highest BCUT2D eigenvalue weighted by Crippen LogP contribution is 2.18. The number of carboxylic acid groups (broad SMARTS) is 1. The summed E-state index contributed by atoms with van der Waals surface area (Å²) in [6, 6.07) is 4.13. The third kappa shape index (κ3) is 6.11. The van der Waals surface area contributed by atoms with E-state index in [1.54, 1.807) is 39.0 Å². The first-order chi connectivity index (χ1) is 9.71. The summed E-state index contributed by atoms with van der Waals surface area (Å²) in [6.07, 6.45) is -1.00. The van der Waals surface area contributed by atoms with E-state index in [0.29, 0.717) is 11.6 Å². The number of pyridine rings is 1. The van der Waals surface area contributed by atoms with Gasteiger partial charge in [-0.2, -0.15) is 0 Å². The van der Waals surface area contributed by atoms with Gasteiger partial charge in [-0.15, -0.1) is 0 Å². The Morgan fingerprint density at radius 1 is 1.38 bits per heavy atom. The maximum atomic E-state index is 11.8. The molecule has 0 aromatic carbocycles. The summed E-state index contributed by atoms with van der Waals surface area (Å²) in [6.45, 7) is 5.17. The van der Waals surface area contributed by atoms with Crippen LogP contribution in [0.25, 0.3) is 0 Å². The van der Waals surface area contributed by atoms with Gasteiger partial charge in [-0.05, 0) is 26.8 Å². The number of carbonyl (C=O) groups excluding carboxylic acids is 1. The number of methoxy groups -OCH3 is 1. The van der Waals surface area contributed by atoms with Gasteiger partial charge in [0.05, 0.1) is 25.3 Å². The second-order valence-corrected chi connectivity index (χ2v) is 5.40. The third-order valence-electron chi connectivity index (χ3n) is 2.38. The van der Waals surface area contributed by atoms with Crippen LogP contribution in [0.4, 0.5) is 4.79 Å². The van der Waals surface area contributed by atoms with Gasteiger partial charge < -0.3 is 19.9 Å². The van der Waals surface area contributed by atoms with E-state index in [-0.39, 0.29) is 6.42 Å². The molecule has 0 aliphatic heterocycles. The summed E-state index contributed by atoms with van der Waals surface area (Å²) < 4.78 is 10.1. The van der Waals surface area contributed by atoms with Gasteiger partial charge in [0.15, 0.2) is 0 Å². The van der Waals surface area contributed by atoms with Crippen LogP contribution in [0.1, 0.15) is 38.9 Å². The van der Waals surface area contributed by atoms with E-state index in [1.807, 2.05) is 0 Å². The van der Waals surface area contributed by atoms with Crippen LogP contribution in [0.3, 0.4) is 0 Å². The summed E-state index contributed by atoms with van der Waals surface area (Å²) >= 11 is 0. The van der Waals surface area contributed by atoms with Gasteiger partial charge in [0.25, 0.3) is 0 Å². The second kappa shape index (κ2) is 6.92. The molecule has 0 aliphatic carbocycles. The lowest BCUT2D eigenvalue weighted by atomic mass is 10.1. The number of hydrogen-bond acceptors (Lipinski definition) is 5. The SMILES string of the molecule is COc1cccc([C@H](CC(=O)O)NC(=O)OC(C)(C)C)n1. The van der Waals surface area contributed by atoms with E-state index < -0.39 is 23.7 Å². The molecule has 0 spiro atoms. The summed E-state index contributed by atoms with van der Waals surface area (Å²) in [5.41, 5.74) is -0.276. The fourth-order valence-corrected chi connectivity index (χ4v) is 1.59. The number of nitrogens with zero attached hydrogens (tertiary/aromatic N) is 1. The number of alkyl carbamates (subject to hydrolysis) is 1. The number of amides is 1. The Morgan fingerprint density at radius 3 is 2.57 bits per heavy atom. The fraction of sp³-hybridized carbons (Fsp3) is 0.500. The monoisotopic (exact) mass is 296 g/mol. The van der Waals surface area contributed by atoms with Crippen LogP contribution in [0.2, 0.25) is 0 Å². The lowest BCUT2D eigenvalue weighted by Gasteiger charge is -2.23. The van der Waals surface area contributed by atoms with Crippen LogP contribution in [0, 0.1) is 0 Å². The molecule has 1 amide bonds. The summed E-state index contributed by atoms with van der Waals surface area (Å²) in [5.74, 6) is -0.713. The molecule has 1 heterocycles. The van der Waals surface area contributed by atoms with Gasteiger partial charge in [-0.3, -0.25) is 4.79 Å². The molecule has 116 valence electrons. The molecule has 2 N–H and O–H groups in total. The molecule has 1 aromatic rings. The molecule has 0 aliphatic rings. The van der Waals surface area contributed by atoms with E-state index in [1.165, 1.54) is 7.11 Å². The van der Waals surface area contributed by atoms with E-state index in [0.717, 1.165) is 0 Å². The maximum absolute atomic E-state index is 11.8. The predicted octanol–water partition coefficient (Wildman–Crippen LogP) is 2.13. The maximum Gasteiger partial charge on any atom is 0.408 e. The zero-order valence-corrected chi connectivity index (χ0v) is 12.5. The number of aromatic nitrogens is 1. The second-order valence-electron chi connectivity index (χ2n) is 5.40. The Hall–Kier alpha value is -2.31. The quantitative estimate of drug-likeness (QED) is 0.863. The molecule has 0 bridgehead atoms. The number of rotatable bonds is 5. The third-order valence-corrected chi connectivity index (χ3v) is 2.38. The highest BCUT2D eigenvalue weighted by molar-refractivity contribution is 5.72. The fourth-order valence-electron chi connectivity index (χ4n) is 1.59. The van der Waals surface area contributed by atoms with Crippen molar-refractivity contribution in [3.05, 3.63) is 23.9 Å². The first kappa shape index (κ1) is 16.7. The van der Waals surface area contributed by atoms with E-state index in [4.69, 9.17) is 14.6 Å². The smallest absolute Gasteiger partial charge is 0.408 e. The lowest BCUT2D eigenvalue weighted by Crippen LogP contribution is -2.36. The Balaban J connectivity index is 2.89. The summed E-state index contributed by atoms with van der Waals surface area (Å²) in [5, 5.41) is 11.5. The predicted molar refractivity (Wildman–Crippen MR) is 75.2 cm³/mol. The normalized spacial score (nSPS) is 12.4. The van der Waals surface area contributed by atoms with Crippen molar-refractivity contribution in [3.8, 4) is 5.88 Å². The summed E-state index contributed by atoms with van der Waals surface area (Å²) in [7, 11) is 1.46. The zero-order chi connectivity index (χ0) is 16.0.